The van der Waals surface area contributed by atoms with Gasteiger partial charge < -0.3 is 4.74 Å². The van der Waals surface area contributed by atoms with Crippen LogP contribution in [-0.2, 0) is 9.05 Å². The highest BCUT2D eigenvalue weighted by atomic mass is 35.7. The third-order valence-electron chi connectivity index (χ3n) is 2.13. The maximum Gasteiger partial charge on any atom is 0.410 e. The van der Waals surface area contributed by atoms with E-state index in [9.17, 15) is 21.6 Å². The minimum atomic E-state index is -4.97. The normalized spacial score (nSPS) is 14.5. The number of hydrogen-bond acceptors (Lipinski definition) is 3. The van der Waals surface area contributed by atoms with Gasteiger partial charge in [0.2, 0.25) is 9.05 Å². The van der Waals surface area contributed by atoms with Gasteiger partial charge in [-0.15, -0.1) is 0 Å². The van der Waals surface area contributed by atoms with Crippen LogP contribution in [0.4, 0.5) is 13.2 Å². The van der Waals surface area contributed by atoms with Gasteiger partial charge in [-0.1, -0.05) is 12.1 Å². The molecule has 3 nitrogen and oxygen atoms in total. The van der Waals surface area contributed by atoms with E-state index in [2.05, 4.69) is 0 Å². The number of hydrogen-bond donors (Lipinski definition) is 0. The number of benzene rings is 1. The van der Waals surface area contributed by atoms with Crippen molar-refractivity contribution in [3.05, 3.63) is 29.8 Å². The Labute approximate surface area is 113 Å². The Hall–Kier alpha value is -0.950. The van der Waals surface area contributed by atoms with Crippen molar-refractivity contribution in [2.75, 3.05) is 0 Å². The summed E-state index contributed by atoms with van der Waals surface area (Å²) in [5, 5.41) is -2.74. The Balaban J connectivity index is 3.13. The highest BCUT2D eigenvalue weighted by Crippen LogP contribution is 2.41. The Morgan fingerprint density at radius 3 is 1.95 bits per heavy atom. The number of halogens is 4. The molecule has 1 atom stereocenters. The van der Waals surface area contributed by atoms with Crippen molar-refractivity contribution in [1.29, 1.82) is 0 Å². The van der Waals surface area contributed by atoms with Crippen LogP contribution >= 0.6 is 10.7 Å². The second kappa shape index (κ2) is 5.58. The van der Waals surface area contributed by atoms with Crippen LogP contribution in [0.2, 0.25) is 0 Å². The van der Waals surface area contributed by atoms with Crippen LogP contribution in [0.5, 0.6) is 5.75 Å². The lowest BCUT2D eigenvalue weighted by atomic mass is 10.1. The third-order valence-corrected chi connectivity index (χ3v) is 3.77. The Bertz CT molecular complexity index is 523. The van der Waals surface area contributed by atoms with Crippen LogP contribution in [0.25, 0.3) is 0 Å². The van der Waals surface area contributed by atoms with Crippen molar-refractivity contribution in [3.8, 4) is 5.75 Å². The molecule has 0 N–H and O–H groups in total. The molecule has 0 bridgehead atoms. The molecule has 0 amide bonds. The van der Waals surface area contributed by atoms with E-state index in [1.54, 1.807) is 13.8 Å². The summed E-state index contributed by atoms with van der Waals surface area (Å²) in [6.07, 6.45) is -5.11. The zero-order valence-electron chi connectivity index (χ0n) is 10.1. The lowest BCUT2D eigenvalue weighted by molar-refractivity contribution is -0.131. The van der Waals surface area contributed by atoms with Gasteiger partial charge >= 0.3 is 6.18 Å². The van der Waals surface area contributed by atoms with Gasteiger partial charge in [-0.05, 0) is 31.5 Å². The fourth-order valence-corrected chi connectivity index (χ4v) is 2.92. The number of alkyl halides is 3. The summed E-state index contributed by atoms with van der Waals surface area (Å²) >= 11 is 0. The van der Waals surface area contributed by atoms with Crippen LogP contribution in [-0.4, -0.2) is 20.7 Å². The summed E-state index contributed by atoms with van der Waals surface area (Å²) in [6.45, 7) is 3.52. The molecule has 19 heavy (non-hydrogen) atoms. The molecule has 0 saturated heterocycles. The SMILES string of the molecule is CC(C)Oc1ccc(C(C(F)(F)F)S(=O)(=O)Cl)cc1. The Morgan fingerprint density at radius 2 is 1.63 bits per heavy atom. The van der Waals surface area contributed by atoms with E-state index in [0.717, 1.165) is 12.1 Å². The highest BCUT2D eigenvalue weighted by Gasteiger charge is 2.49. The van der Waals surface area contributed by atoms with Gasteiger partial charge in [0.25, 0.3) is 0 Å². The van der Waals surface area contributed by atoms with E-state index < -0.39 is 26.0 Å². The molecule has 108 valence electrons. The van der Waals surface area contributed by atoms with Gasteiger partial charge in [0.05, 0.1) is 6.10 Å². The van der Waals surface area contributed by atoms with Crippen LogP contribution < -0.4 is 4.74 Å². The molecule has 0 fully saturated rings. The smallest absolute Gasteiger partial charge is 0.410 e. The average Bonchev–Trinajstić information content (AvgIpc) is 2.15. The van der Waals surface area contributed by atoms with Gasteiger partial charge in [0.15, 0.2) is 5.25 Å². The Kier molecular flexibility index (Phi) is 4.73. The largest absolute Gasteiger partial charge is 0.491 e. The third kappa shape index (κ3) is 4.58. The van der Waals surface area contributed by atoms with Crippen LogP contribution in [0.15, 0.2) is 24.3 Å². The molecule has 1 rings (SSSR count). The quantitative estimate of drug-likeness (QED) is 0.796. The number of ether oxygens (including phenoxy) is 1. The first-order valence-electron chi connectivity index (χ1n) is 5.28. The van der Waals surface area contributed by atoms with Gasteiger partial charge in [-0.3, -0.25) is 0 Å². The predicted molar refractivity (Wildman–Crippen MR) is 65.8 cm³/mol. The first-order valence-corrected chi connectivity index (χ1v) is 7.66. The summed E-state index contributed by atoms with van der Waals surface area (Å²) in [5.74, 6) is 0.353. The highest BCUT2D eigenvalue weighted by molar-refractivity contribution is 8.14. The van der Waals surface area contributed by atoms with Crippen LogP contribution in [0.3, 0.4) is 0 Å². The first-order chi connectivity index (χ1) is 8.51. The molecular weight excluding hydrogens is 305 g/mol. The van der Waals surface area contributed by atoms with E-state index in [-0.39, 0.29) is 6.10 Å². The summed E-state index contributed by atoms with van der Waals surface area (Å²) in [6, 6.07) is 4.62. The fourth-order valence-electron chi connectivity index (χ4n) is 1.50. The maximum atomic E-state index is 12.7. The van der Waals surface area contributed by atoms with Crippen molar-refractivity contribution in [1.82, 2.24) is 0 Å². The molecule has 0 spiro atoms. The first kappa shape index (κ1) is 16.1. The second-order valence-electron chi connectivity index (χ2n) is 4.13. The predicted octanol–water partition coefficient (Wildman–Crippen LogP) is 3.65. The fraction of sp³-hybridized carbons (Fsp3) is 0.455. The molecule has 0 saturated carbocycles. The lowest BCUT2D eigenvalue weighted by Gasteiger charge is -2.18. The zero-order chi connectivity index (χ0) is 14.8. The summed E-state index contributed by atoms with van der Waals surface area (Å²) in [4.78, 5) is 0. The van der Waals surface area contributed by atoms with Crippen molar-refractivity contribution in [2.45, 2.75) is 31.4 Å². The van der Waals surface area contributed by atoms with E-state index in [0.29, 0.717) is 5.75 Å². The van der Waals surface area contributed by atoms with E-state index in [1.165, 1.54) is 12.1 Å². The van der Waals surface area contributed by atoms with Crippen molar-refractivity contribution < 1.29 is 26.3 Å². The van der Waals surface area contributed by atoms with E-state index in [1.807, 2.05) is 0 Å². The van der Waals surface area contributed by atoms with Crippen molar-refractivity contribution >= 4 is 19.7 Å². The van der Waals surface area contributed by atoms with Crippen molar-refractivity contribution in [2.24, 2.45) is 0 Å². The van der Waals surface area contributed by atoms with Crippen molar-refractivity contribution in [3.63, 3.8) is 0 Å². The molecule has 1 unspecified atom stereocenters. The molecule has 0 radical (unpaired) electrons. The molecule has 1 aromatic carbocycles. The van der Waals surface area contributed by atoms with E-state index in [4.69, 9.17) is 15.4 Å². The summed E-state index contributed by atoms with van der Waals surface area (Å²) < 4.78 is 65.5. The van der Waals surface area contributed by atoms with Gasteiger partial charge in [0, 0.05) is 10.7 Å². The lowest BCUT2D eigenvalue weighted by Crippen LogP contribution is -2.25. The molecule has 1 aromatic rings. The second-order valence-corrected chi connectivity index (χ2v) is 6.85. The molecule has 0 aliphatic rings. The standard InChI is InChI=1S/C11H12ClF3O3S/c1-7(2)18-9-5-3-8(4-6-9)10(11(13,14)15)19(12,16)17/h3-7,10H,1-2H3. The monoisotopic (exact) mass is 316 g/mol. The van der Waals surface area contributed by atoms with Gasteiger partial charge in [-0.25, -0.2) is 8.42 Å². The molecule has 8 heteroatoms. The summed E-state index contributed by atoms with van der Waals surface area (Å²) in [5.41, 5.74) is -0.446. The minimum absolute atomic E-state index is 0.138. The zero-order valence-corrected chi connectivity index (χ0v) is 11.7. The molecule has 0 heterocycles. The van der Waals surface area contributed by atoms with E-state index >= 15 is 0 Å². The molecule has 0 aliphatic heterocycles. The summed E-state index contributed by atoms with van der Waals surface area (Å²) in [7, 11) is 0.0583. The molecule has 0 aromatic heterocycles. The topological polar surface area (TPSA) is 43.4 Å². The maximum absolute atomic E-state index is 12.7. The van der Waals surface area contributed by atoms with Gasteiger partial charge in [-0.2, -0.15) is 13.2 Å². The Morgan fingerprint density at radius 1 is 1.16 bits per heavy atom. The average molecular weight is 317 g/mol. The van der Waals surface area contributed by atoms with Crippen LogP contribution in [0, 0.1) is 0 Å². The van der Waals surface area contributed by atoms with Gasteiger partial charge in [0.1, 0.15) is 5.75 Å². The van der Waals surface area contributed by atoms with Crippen LogP contribution in [0.1, 0.15) is 24.7 Å². The minimum Gasteiger partial charge on any atom is -0.491 e. The molecule has 0 aliphatic carbocycles. The molecular formula is C11H12ClF3O3S. The number of rotatable bonds is 4.